The normalized spacial score (nSPS) is 11.1. The van der Waals surface area contributed by atoms with Crippen molar-refractivity contribution in [1.82, 2.24) is 14.8 Å². The molecule has 0 aliphatic heterocycles. The van der Waals surface area contributed by atoms with E-state index in [1.165, 1.54) is 0 Å². The molecule has 2 aromatic carbocycles. The molecule has 5 heteroatoms. The van der Waals surface area contributed by atoms with E-state index >= 15 is 0 Å². The van der Waals surface area contributed by atoms with Crippen molar-refractivity contribution in [2.75, 3.05) is 40.3 Å². The van der Waals surface area contributed by atoms with Crippen LogP contribution < -0.4 is 0 Å². The molecular formula is C22H25N3O2. The highest BCUT2D eigenvalue weighted by molar-refractivity contribution is 5.99. The van der Waals surface area contributed by atoms with Gasteiger partial charge in [0, 0.05) is 48.5 Å². The van der Waals surface area contributed by atoms with E-state index in [0.717, 1.165) is 28.4 Å². The lowest BCUT2D eigenvalue weighted by atomic mass is 9.99. The molecule has 140 valence electrons. The van der Waals surface area contributed by atoms with Crippen molar-refractivity contribution in [3.05, 3.63) is 66.5 Å². The van der Waals surface area contributed by atoms with Gasteiger partial charge in [0.1, 0.15) is 0 Å². The molecule has 0 bridgehead atoms. The lowest BCUT2D eigenvalue weighted by Gasteiger charge is -2.24. The van der Waals surface area contributed by atoms with E-state index in [1.54, 1.807) is 4.90 Å². The van der Waals surface area contributed by atoms with E-state index in [1.807, 2.05) is 73.9 Å². The molecule has 1 N–H and O–H groups in total. The number of amides is 1. The molecule has 0 saturated carbocycles. The molecule has 0 unspecified atom stereocenters. The van der Waals surface area contributed by atoms with Crippen LogP contribution in [-0.4, -0.2) is 66.1 Å². The number of rotatable bonds is 7. The summed E-state index contributed by atoms with van der Waals surface area (Å²) in [5.41, 5.74) is 2.58. The Balaban J connectivity index is 1.93. The summed E-state index contributed by atoms with van der Waals surface area (Å²) in [7, 11) is 3.94. The van der Waals surface area contributed by atoms with Crippen LogP contribution in [0, 0.1) is 0 Å². The summed E-state index contributed by atoms with van der Waals surface area (Å²) in [6, 6.07) is 15.7. The Hall–Kier alpha value is -2.76. The van der Waals surface area contributed by atoms with Crippen LogP contribution in [-0.2, 0) is 0 Å². The van der Waals surface area contributed by atoms with Gasteiger partial charge in [0.05, 0.1) is 6.61 Å². The first-order valence-electron chi connectivity index (χ1n) is 9.08. The van der Waals surface area contributed by atoms with Gasteiger partial charge in [0.2, 0.25) is 0 Å². The lowest BCUT2D eigenvalue weighted by molar-refractivity contribution is 0.0710. The standard InChI is InChI=1S/C22H25N3O2/c1-24(2)10-11-25(12-13-26)22(27)18-8-5-7-17(14-18)21-16-23-15-19-6-3-4-9-20(19)21/h3-9,14-16,26H,10-13H2,1-2H3. The van der Waals surface area contributed by atoms with Crippen LogP contribution in [0.1, 0.15) is 10.4 Å². The summed E-state index contributed by atoms with van der Waals surface area (Å²) < 4.78 is 0. The summed E-state index contributed by atoms with van der Waals surface area (Å²) in [6.07, 6.45) is 3.68. The van der Waals surface area contributed by atoms with Gasteiger partial charge in [-0.3, -0.25) is 9.78 Å². The molecule has 27 heavy (non-hydrogen) atoms. The fraction of sp³-hybridized carbons (Fsp3) is 0.273. The minimum absolute atomic E-state index is 0.0495. The van der Waals surface area contributed by atoms with Crippen LogP contribution in [0.3, 0.4) is 0 Å². The highest BCUT2D eigenvalue weighted by Crippen LogP contribution is 2.28. The lowest BCUT2D eigenvalue weighted by Crippen LogP contribution is -2.38. The van der Waals surface area contributed by atoms with E-state index in [4.69, 9.17) is 0 Å². The first-order chi connectivity index (χ1) is 13.1. The number of pyridine rings is 1. The quantitative estimate of drug-likeness (QED) is 0.701. The third-order valence-corrected chi connectivity index (χ3v) is 4.56. The summed E-state index contributed by atoms with van der Waals surface area (Å²) >= 11 is 0. The molecule has 0 atom stereocenters. The van der Waals surface area contributed by atoms with Gasteiger partial charge in [-0.15, -0.1) is 0 Å². The van der Waals surface area contributed by atoms with Crippen LogP contribution in [0.2, 0.25) is 0 Å². The predicted molar refractivity (Wildman–Crippen MR) is 109 cm³/mol. The zero-order chi connectivity index (χ0) is 19.2. The van der Waals surface area contributed by atoms with Crippen LogP contribution in [0.4, 0.5) is 0 Å². The van der Waals surface area contributed by atoms with Gasteiger partial charge in [-0.25, -0.2) is 0 Å². The van der Waals surface area contributed by atoms with Gasteiger partial charge in [0.25, 0.3) is 5.91 Å². The van der Waals surface area contributed by atoms with Crippen molar-refractivity contribution in [3.8, 4) is 11.1 Å². The van der Waals surface area contributed by atoms with Gasteiger partial charge in [-0.05, 0) is 37.2 Å². The first kappa shape index (κ1) is 19.0. The number of likely N-dealkylation sites (N-methyl/N-ethyl adjacent to an activating group) is 1. The summed E-state index contributed by atoms with van der Waals surface area (Å²) in [4.78, 5) is 21.0. The SMILES string of the molecule is CN(C)CCN(CCO)C(=O)c1cccc(-c2cncc3ccccc23)c1. The van der Waals surface area contributed by atoms with Gasteiger partial charge < -0.3 is 14.9 Å². The third kappa shape index (κ3) is 4.51. The Labute approximate surface area is 159 Å². The third-order valence-electron chi connectivity index (χ3n) is 4.56. The summed E-state index contributed by atoms with van der Waals surface area (Å²) in [5, 5.41) is 11.5. The zero-order valence-corrected chi connectivity index (χ0v) is 15.8. The van der Waals surface area contributed by atoms with Crippen LogP contribution >= 0.6 is 0 Å². The second kappa shape index (κ2) is 8.75. The van der Waals surface area contributed by atoms with E-state index in [-0.39, 0.29) is 12.5 Å². The minimum atomic E-state index is -0.0686. The molecular weight excluding hydrogens is 338 g/mol. The second-order valence-electron chi connectivity index (χ2n) is 6.81. The molecule has 5 nitrogen and oxygen atoms in total. The fourth-order valence-corrected chi connectivity index (χ4v) is 3.11. The van der Waals surface area contributed by atoms with Gasteiger partial charge in [0.15, 0.2) is 0 Å². The molecule has 1 heterocycles. The molecule has 0 saturated heterocycles. The number of hydrogen-bond acceptors (Lipinski definition) is 4. The molecule has 0 aliphatic carbocycles. The van der Waals surface area contributed by atoms with Crippen molar-refractivity contribution in [1.29, 1.82) is 0 Å². The smallest absolute Gasteiger partial charge is 0.253 e. The maximum atomic E-state index is 13.0. The number of carbonyl (C=O) groups is 1. The number of fused-ring (bicyclic) bond motifs is 1. The Kier molecular flexibility index (Phi) is 6.16. The van der Waals surface area contributed by atoms with Gasteiger partial charge in [-0.1, -0.05) is 36.4 Å². The molecule has 0 aliphatic rings. The van der Waals surface area contributed by atoms with Crippen LogP contribution in [0.25, 0.3) is 21.9 Å². The second-order valence-corrected chi connectivity index (χ2v) is 6.81. The maximum absolute atomic E-state index is 13.0. The van der Waals surface area contributed by atoms with Crippen molar-refractivity contribution in [2.24, 2.45) is 0 Å². The molecule has 1 amide bonds. The Morgan fingerprint density at radius 2 is 1.81 bits per heavy atom. The van der Waals surface area contributed by atoms with Crippen molar-refractivity contribution in [3.63, 3.8) is 0 Å². The largest absolute Gasteiger partial charge is 0.395 e. The van der Waals surface area contributed by atoms with E-state index < -0.39 is 0 Å². The Morgan fingerprint density at radius 1 is 1.00 bits per heavy atom. The number of carbonyl (C=O) groups excluding carboxylic acids is 1. The topological polar surface area (TPSA) is 56.7 Å². The van der Waals surface area contributed by atoms with Crippen LogP contribution in [0.15, 0.2) is 60.9 Å². The van der Waals surface area contributed by atoms with Gasteiger partial charge >= 0.3 is 0 Å². The highest BCUT2D eigenvalue weighted by Gasteiger charge is 2.16. The Bertz CT molecular complexity index is 919. The van der Waals surface area contributed by atoms with Crippen molar-refractivity contribution in [2.45, 2.75) is 0 Å². The molecule has 1 aromatic heterocycles. The number of hydrogen-bond donors (Lipinski definition) is 1. The highest BCUT2D eigenvalue weighted by atomic mass is 16.3. The number of nitrogens with zero attached hydrogens (tertiary/aromatic N) is 3. The van der Waals surface area contributed by atoms with Crippen molar-refractivity contribution >= 4 is 16.7 Å². The van der Waals surface area contributed by atoms with E-state index in [9.17, 15) is 9.90 Å². The zero-order valence-electron chi connectivity index (χ0n) is 15.8. The number of benzene rings is 2. The molecule has 3 aromatic rings. The monoisotopic (exact) mass is 363 g/mol. The molecule has 3 rings (SSSR count). The van der Waals surface area contributed by atoms with Crippen LogP contribution in [0.5, 0.6) is 0 Å². The van der Waals surface area contributed by atoms with Gasteiger partial charge in [-0.2, -0.15) is 0 Å². The van der Waals surface area contributed by atoms with E-state index in [0.29, 0.717) is 18.7 Å². The Morgan fingerprint density at radius 3 is 2.59 bits per heavy atom. The summed E-state index contributed by atoms with van der Waals surface area (Å²) in [6.45, 7) is 1.60. The number of aliphatic hydroxyl groups is 1. The molecule has 0 fully saturated rings. The van der Waals surface area contributed by atoms with E-state index in [2.05, 4.69) is 11.1 Å². The molecule has 0 radical (unpaired) electrons. The summed E-state index contributed by atoms with van der Waals surface area (Å²) in [5.74, 6) is -0.0686. The van der Waals surface area contributed by atoms with Crippen molar-refractivity contribution < 1.29 is 9.90 Å². The minimum Gasteiger partial charge on any atom is -0.395 e. The average Bonchev–Trinajstić information content (AvgIpc) is 2.70. The maximum Gasteiger partial charge on any atom is 0.253 e. The predicted octanol–water partition coefficient (Wildman–Crippen LogP) is 2.90. The number of aromatic nitrogens is 1. The average molecular weight is 363 g/mol. The number of aliphatic hydroxyl groups excluding tert-OH is 1. The fourth-order valence-electron chi connectivity index (χ4n) is 3.11. The molecule has 0 spiro atoms. The first-order valence-corrected chi connectivity index (χ1v) is 9.08.